The van der Waals surface area contributed by atoms with Crippen molar-refractivity contribution in [1.29, 1.82) is 0 Å². The predicted octanol–water partition coefficient (Wildman–Crippen LogP) is 2.57. The number of hydrogen-bond donors (Lipinski definition) is 1. The van der Waals surface area contributed by atoms with E-state index < -0.39 is 12.1 Å². The molecule has 1 aliphatic rings. The monoisotopic (exact) mass is 195 g/mol. The second-order valence-electron chi connectivity index (χ2n) is 3.82. The Labute approximate surface area is 76.7 Å². The van der Waals surface area contributed by atoms with Gasteiger partial charge in [-0.25, -0.2) is 0 Å². The summed E-state index contributed by atoms with van der Waals surface area (Å²) in [5.41, 5.74) is 0. The summed E-state index contributed by atoms with van der Waals surface area (Å²) in [7, 11) is 1.84. The van der Waals surface area contributed by atoms with Gasteiger partial charge >= 0.3 is 6.18 Å². The van der Waals surface area contributed by atoms with E-state index in [4.69, 9.17) is 0 Å². The minimum absolute atomic E-state index is 0.315. The number of nitrogens with one attached hydrogen (secondary N) is 1. The fraction of sp³-hybridized carbons (Fsp3) is 1.00. The van der Waals surface area contributed by atoms with Gasteiger partial charge < -0.3 is 5.32 Å². The van der Waals surface area contributed by atoms with Crippen LogP contribution in [0.1, 0.15) is 25.7 Å². The SMILES string of the molecule is CNCC1CCC(C(F)(F)F)CC1. The molecular weight excluding hydrogens is 179 g/mol. The number of halogens is 3. The first-order chi connectivity index (χ1) is 6.04. The van der Waals surface area contributed by atoms with Gasteiger partial charge in [0.25, 0.3) is 0 Å². The van der Waals surface area contributed by atoms with Crippen molar-refractivity contribution in [3.63, 3.8) is 0 Å². The molecule has 1 fully saturated rings. The van der Waals surface area contributed by atoms with Crippen LogP contribution in [0.25, 0.3) is 0 Å². The van der Waals surface area contributed by atoms with Crippen LogP contribution in [0, 0.1) is 11.8 Å². The molecule has 0 radical (unpaired) electrons. The minimum Gasteiger partial charge on any atom is -0.319 e. The van der Waals surface area contributed by atoms with Crippen molar-refractivity contribution in [3.05, 3.63) is 0 Å². The maximum Gasteiger partial charge on any atom is 0.391 e. The second-order valence-corrected chi connectivity index (χ2v) is 3.82. The molecule has 0 aliphatic heterocycles. The molecule has 1 rings (SSSR count). The Bertz CT molecular complexity index is 147. The third-order valence-electron chi connectivity index (χ3n) is 2.80. The minimum atomic E-state index is -3.97. The summed E-state index contributed by atoms with van der Waals surface area (Å²) in [4.78, 5) is 0. The third-order valence-corrected chi connectivity index (χ3v) is 2.80. The van der Waals surface area contributed by atoms with Gasteiger partial charge in [-0.15, -0.1) is 0 Å². The predicted molar refractivity (Wildman–Crippen MR) is 45.4 cm³/mol. The van der Waals surface area contributed by atoms with Crippen LogP contribution in [0.4, 0.5) is 13.2 Å². The quantitative estimate of drug-likeness (QED) is 0.714. The largest absolute Gasteiger partial charge is 0.391 e. The van der Waals surface area contributed by atoms with Crippen LogP contribution in [0.3, 0.4) is 0 Å². The lowest BCUT2D eigenvalue weighted by molar-refractivity contribution is -0.183. The summed E-state index contributed by atoms with van der Waals surface area (Å²) in [6, 6.07) is 0. The Morgan fingerprint density at radius 3 is 2.08 bits per heavy atom. The molecule has 0 aromatic carbocycles. The fourth-order valence-corrected chi connectivity index (χ4v) is 1.98. The zero-order chi connectivity index (χ0) is 9.90. The molecule has 0 atom stereocenters. The van der Waals surface area contributed by atoms with Crippen LogP contribution in [-0.2, 0) is 0 Å². The summed E-state index contributed by atoms with van der Waals surface area (Å²) < 4.78 is 36.7. The molecule has 1 nitrogen and oxygen atoms in total. The average Bonchev–Trinajstić information content (AvgIpc) is 2.04. The molecule has 1 N–H and O–H groups in total. The van der Waals surface area contributed by atoms with E-state index in [1.54, 1.807) is 0 Å². The topological polar surface area (TPSA) is 12.0 Å². The highest BCUT2D eigenvalue weighted by molar-refractivity contribution is 4.77. The van der Waals surface area contributed by atoms with E-state index in [1.165, 1.54) is 0 Å². The van der Waals surface area contributed by atoms with Gasteiger partial charge in [0.2, 0.25) is 0 Å². The first-order valence-electron chi connectivity index (χ1n) is 4.75. The van der Waals surface area contributed by atoms with Crippen LogP contribution >= 0.6 is 0 Å². The smallest absolute Gasteiger partial charge is 0.319 e. The Balaban J connectivity index is 2.30. The van der Waals surface area contributed by atoms with Crippen molar-refractivity contribution in [1.82, 2.24) is 5.32 Å². The summed E-state index contributed by atoms with van der Waals surface area (Å²) in [5, 5.41) is 3.01. The average molecular weight is 195 g/mol. The van der Waals surface area contributed by atoms with E-state index in [0.717, 1.165) is 6.54 Å². The van der Waals surface area contributed by atoms with E-state index in [-0.39, 0.29) is 0 Å². The summed E-state index contributed by atoms with van der Waals surface area (Å²) in [5.74, 6) is -0.593. The van der Waals surface area contributed by atoms with Gasteiger partial charge in [-0.05, 0) is 45.2 Å². The molecule has 4 heteroatoms. The highest BCUT2D eigenvalue weighted by atomic mass is 19.4. The van der Waals surface area contributed by atoms with Crippen molar-refractivity contribution < 1.29 is 13.2 Å². The van der Waals surface area contributed by atoms with E-state index in [9.17, 15) is 13.2 Å². The van der Waals surface area contributed by atoms with Gasteiger partial charge in [-0.3, -0.25) is 0 Å². The van der Waals surface area contributed by atoms with Crippen molar-refractivity contribution >= 4 is 0 Å². The van der Waals surface area contributed by atoms with Crippen LogP contribution in [0.5, 0.6) is 0 Å². The first kappa shape index (κ1) is 10.8. The summed E-state index contributed by atoms with van der Waals surface area (Å²) in [6.07, 6.45) is -1.91. The van der Waals surface area contributed by atoms with Gasteiger partial charge in [0.15, 0.2) is 0 Å². The molecule has 0 aromatic rings. The number of rotatable bonds is 2. The zero-order valence-corrected chi connectivity index (χ0v) is 7.82. The number of hydrogen-bond acceptors (Lipinski definition) is 1. The van der Waals surface area contributed by atoms with E-state index in [1.807, 2.05) is 7.05 Å². The molecule has 1 aliphatic carbocycles. The van der Waals surface area contributed by atoms with Gasteiger partial charge in [-0.1, -0.05) is 0 Å². The second kappa shape index (κ2) is 4.31. The fourth-order valence-electron chi connectivity index (χ4n) is 1.98. The molecule has 78 valence electrons. The molecule has 0 spiro atoms. The normalized spacial score (nSPS) is 30.5. The Morgan fingerprint density at radius 1 is 1.15 bits per heavy atom. The van der Waals surface area contributed by atoms with Gasteiger partial charge in [0.1, 0.15) is 0 Å². The molecule has 0 amide bonds. The highest BCUT2D eigenvalue weighted by Crippen LogP contribution is 2.39. The van der Waals surface area contributed by atoms with Crippen molar-refractivity contribution in [2.75, 3.05) is 13.6 Å². The lowest BCUT2D eigenvalue weighted by Crippen LogP contribution is -2.30. The summed E-state index contributed by atoms with van der Waals surface area (Å²) in [6.45, 7) is 0.852. The molecule has 0 unspecified atom stereocenters. The molecule has 0 aromatic heterocycles. The molecule has 0 heterocycles. The van der Waals surface area contributed by atoms with Crippen molar-refractivity contribution in [2.24, 2.45) is 11.8 Å². The molecular formula is C9H16F3N. The zero-order valence-electron chi connectivity index (χ0n) is 7.82. The van der Waals surface area contributed by atoms with Gasteiger partial charge in [0, 0.05) is 0 Å². The van der Waals surface area contributed by atoms with Crippen molar-refractivity contribution in [3.8, 4) is 0 Å². The van der Waals surface area contributed by atoms with E-state index >= 15 is 0 Å². The Morgan fingerprint density at radius 2 is 1.69 bits per heavy atom. The van der Waals surface area contributed by atoms with E-state index in [0.29, 0.717) is 31.6 Å². The van der Waals surface area contributed by atoms with Crippen LogP contribution in [0.15, 0.2) is 0 Å². The van der Waals surface area contributed by atoms with Crippen LogP contribution in [0.2, 0.25) is 0 Å². The lowest BCUT2D eigenvalue weighted by atomic mass is 9.82. The lowest BCUT2D eigenvalue weighted by Gasteiger charge is -2.29. The third kappa shape index (κ3) is 3.18. The summed E-state index contributed by atoms with van der Waals surface area (Å²) >= 11 is 0. The van der Waals surface area contributed by atoms with Gasteiger partial charge in [-0.2, -0.15) is 13.2 Å². The van der Waals surface area contributed by atoms with Crippen LogP contribution < -0.4 is 5.32 Å². The maximum absolute atomic E-state index is 12.2. The van der Waals surface area contributed by atoms with Gasteiger partial charge in [0.05, 0.1) is 5.92 Å². The number of alkyl halides is 3. The standard InChI is InChI=1S/C9H16F3N/c1-13-6-7-2-4-8(5-3-7)9(10,11)12/h7-8,13H,2-6H2,1H3. The molecule has 1 saturated carbocycles. The van der Waals surface area contributed by atoms with Crippen molar-refractivity contribution in [2.45, 2.75) is 31.9 Å². The van der Waals surface area contributed by atoms with Crippen LogP contribution in [-0.4, -0.2) is 19.8 Å². The Kier molecular flexibility index (Phi) is 3.59. The Hall–Kier alpha value is -0.250. The molecule has 0 saturated heterocycles. The van der Waals surface area contributed by atoms with E-state index in [2.05, 4.69) is 5.32 Å². The highest BCUT2D eigenvalue weighted by Gasteiger charge is 2.41. The first-order valence-corrected chi connectivity index (χ1v) is 4.75. The molecule has 13 heavy (non-hydrogen) atoms. The maximum atomic E-state index is 12.2. The molecule has 0 bridgehead atoms.